The van der Waals surface area contributed by atoms with Crippen LogP contribution in [0.25, 0.3) is 16.2 Å². The van der Waals surface area contributed by atoms with E-state index in [0.29, 0.717) is 5.92 Å². The summed E-state index contributed by atoms with van der Waals surface area (Å²) in [6.07, 6.45) is 4.40. The zero-order valence-electron chi connectivity index (χ0n) is 11.4. The van der Waals surface area contributed by atoms with Crippen molar-refractivity contribution >= 4 is 16.3 Å². The smallest absolute Gasteiger partial charge is 0.213 e. The van der Waals surface area contributed by atoms with Gasteiger partial charge in [-0.25, -0.2) is 9.50 Å². The van der Waals surface area contributed by atoms with Gasteiger partial charge in [0.25, 0.3) is 0 Å². The zero-order chi connectivity index (χ0) is 14.1. The summed E-state index contributed by atoms with van der Waals surface area (Å²) < 4.78 is 1.75. The predicted molar refractivity (Wildman–Crippen MR) is 78.6 cm³/mol. The lowest BCUT2D eigenvalue weighted by molar-refractivity contribution is 0.275. The molecule has 0 aromatic carbocycles. The van der Waals surface area contributed by atoms with E-state index in [1.54, 1.807) is 28.2 Å². The van der Waals surface area contributed by atoms with E-state index in [1.807, 2.05) is 12.1 Å². The van der Waals surface area contributed by atoms with Crippen molar-refractivity contribution in [2.75, 3.05) is 0 Å². The van der Waals surface area contributed by atoms with Crippen LogP contribution < -0.4 is 0 Å². The third-order valence-corrected chi connectivity index (χ3v) is 3.94. The van der Waals surface area contributed by atoms with Gasteiger partial charge in [0.2, 0.25) is 4.96 Å². The zero-order valence-corrected chi connectivity index (χ0v) is 12.3. The van der Waals surface area contributed by atoms with Gasteiger partial charge in [0.15, 0.2) is 0 Å². The van der Waals surface area contributed by atoms with Crippen molar-refractivity contribution in [2.24, 2.45) is 5.92 Å². The van der Waals surface area contributed by atoms with Crippen LogP contribution in [0.5, 0.6) is 0 Å². The molecule has 0 spiro atoms. The maximum atomic E-state index is 9.64. The maximum absolute atomic E-state index is 9.64. The molecule has 0 aliphatic carbocycles. The fourth-order valence-electron chi connectivity index (χ4n) is 2.14. The van der Waals surface area contributed by atoms with Crippen LogP contribution >= 0.6 is 11.3 Å². The normalized spacial score (nSPS) is 11.6. The van der Waals surface area contributed by atoms with Gasteiger partial charge in [-0.1, -0.05) is 25.2 Å². The van der Waals surface area contributed by atoms with Crippen LogP contribution in [0.4, 0.5) is 0 Å². The van der Waals surface area contributed by atoms with Crippen molar-refractivity contribution in [3.8, 4) is 11.3 Å². The highest BCUT2D eigenvalue weighted by atomic mass is 32.1. The van der Waals surface area contributed by atoms with Crippen molar-refractivity contribution in [2.45, 2.75) is 26.9 Å². The van der Waals surface area contributed by atoms with Crippen molar-refractivity contribution in [1.82, 2.24) is 19.6 Å². The monoisotopic (exact) mass is 288 g/mol. The molecule has 3 aromatic heterocycles. The van der Waals surface area contributed by atoms with E-state index in [0.717, 1.165) is 33.3 Å². The quantitative estimate of drug-likeness (QED) is 0.801. The number of aliphatic hydroxyl groups excluding tert-OH is 1. The highest BCUT2D eigenvalue weighted by molar-refractivity contribution is 7.16. The van der Waals surface area contributed by atoms with Crippen LogP contribution in [0, 0.1) is 5.92 Å². The van der Waals surface area contributed by atoms with Gasteiger partial charge in [-0.3, -0.25) is 4.98 Å². The molecule has 0 bridgehead atoms. The van der Waals surface area contributed by atoms with E-state index in [4.69, 9.17) is 0 Å². The van der Waals surface area contributed by atoms with Crippen LogP contribution in [-0.2, 0) is 13.0 Å². The molecule has 3 aromatic rings. The molecule has 3 heterocycles. The van der Waals surface area contributed by atoms with E-state index in [9.17, 15) is 5.11 Å². The third-order valence-electron chi connectivity index (χ3n) is 3.01. The molecule has 0 unspecified atom stereocenters. The average Bonchev–Trinajstić information content (AvgIpc) is 2.95. The summed E-state index contributed by atoms with van der Waals surface area (Å²) in [7, 11) is 0. The number of aromatic nitrogens is 4. The summed E-state index contributed by atoms with van der Waals surface area (Å²) in [5.74, 6) is 0.557. The van der Waals surface area contributed by atoms with E-state index < -0.39 is 0 Å². The minimum atomic E-state index is -0.0871. The van der Waals surface area contributed by atoms with Gasteiger partial charge in [-0.15, -0.1) is 0 Å². The molecule has 20 heavy (non-hydrogen) atoms. The number of rotatable bonds is 4. The molecule has 0 amide bonds. The molecular weight excluding hydrogens is 272 g/mol. The first-order chi connectivity index (χ1) is 9.69. The van der Waals surface area contributed by atoms with Gasteiger partial charge in [0.1, 0.15) is 5.01 Å². The van der Waals surface area contributed by atoms with Gasteiger partial charge in [-0.05, 0) is 18.1 Å². The Kier molecular flexibility index (Phi) is 3.50. The lowest BCUT2D eigenvalue weighted by Gasteiger charge is -2.01. The van der Waals surface area contributed by atoms with Crippen molar-refractivity contribution < 1.29 is 5.11 Å². The van der Waals surface area contributed by atoms with Gasteiger partial charge in [-0.2, -0.15) is 5.10 Å². The Bertz CT molecular complexity index is 717. The second kappa shape index (κ2) is 5.30. The Labute approximate surface area is 120 Å². The van der Waals surface area contributed by atoms with Crippen LogP contribution in [0.15, 0.2) is 24.5 Å². The number of hydrogen-bond acceptors (Lipinski definition) is 5. The van der Waals surface area contributed by atoms with E-state index >= 15 is 0 Å². The fourth-order valence-corrected chi connectivity index (χ4v) is 3.26. The summed E-state index contributed by atoms with van der Waals surface area (Å²) in [4.78, 5) is 9.52. The molecule has 1 N–H and O–H groups in total. The summed E-state index contributed by atoms with van der Waals surface area (Å²) in [6.45, 7) is 4.24. The molecule has 104 valence electrons. The van der Waals surface area contributed by atoms with Crippen LogP contribution in [0.3, 0.4) is 0 Å². The van der Waals surface area contributed by atoms with Gasteiger partial charge >= 0.3 is 0 Å². The van der Waals surface area contributed by atoms with Crippen molar-refractivity contribution in [1.29, 1.82) is 0 Å². The third kappa shape index (κ3) is 2.32. The molecule has 0 aliphatic heterocycles. The van der Waals surface area contributed by atoms with E-state index in [-0.39, 0.29) is 6.61 Å². The number of pyridine rings is 1. The SMILES string of the molecule is CC(C)Cc1nn2c(CO)c(-c3cccnc3)nc2s1. The Hall–Kier alpha value is -1.79. The molecule has 0 fully saturated rings. The topological polar surface area (TPSA) is 63.3 Å². The molecule has 0 aliphatic rings. The first-order valence-electron chi connectivity index (χ1n) is 6.57. The molecule has 6 heteroatoms. The summed E-state index contributed by atoms with van der Waals surface area (Å²) >= 11 is 1.58. The average molecular weight is 288 g/mol. The van der Waals surface area contributed by atoms with Crippen LogP contribution in [0.1, 0.15) is 24.5 Å². The molecule has 5 nitrogen and oxygen atoms in total. The molecule has 0 atom stereocenters. The maximum Gasteiger partial charge on any atom is 0.213 e. The summed E-state index contributed by atoms with van der Waals surface area (Å²) in [5.41, 5.74) is 2.38. The summed E-state index contributed by atoms with van der Waals surface area (Å²) in [6, 6.07) is 3.80. The van der Waals surface area contributed by atoms with Crippen molar-refractivity contribution in [3.05, 3.63) is 35.2 Å². The lowest BCUT2D eigenvalue weighted by Crippen LogP contribution is -1.99. The summed E-state index contributed by atoms with van der Waals surface area (Å²) in [5, 5.41) is 15.3. The molecular formula is C14H16N4OS. The predicted octanol–water partition coefficient (Wildman–Crippen LogP) is 2.54. The largest absolute Gasteiger partial charge is 0.390 e. The van der Waals surface area contributed by atoms with Crippen molar-refractivity contribution in [3.63, 3.8) is 0 Å². The number of nitrogens with zero attached hydrogens (tertiary/aromatic N) is 4. The van der Waals surface area contributed by atoms with Crippen LogP contribution in [0.2, 0.25) is 0 Å². The second-order valence-corrected chi connectivity index (χ2v) is 6.14. The van der Waals surface area contributed by atoms with E-state index in [1.165, 1.54) is 0 Å². The number of imidazole rings is 1. The Morgan fingerprint density at radius 3 is 2.90 bits per heavy atom. The van der Waals surface area contributed by atoms with E-state index in [2.05, 4.69) is 28.9 Å². The highest BCUT2D eigenvalue weighted by Crippen LogP contribution is 2.27. The minimum Gasteiger partial charge on any atom is -0.390 e. The van der Waals surface area contributed by atoms with Gasteiger partial charge in [0, 0.05) is 24.4 Å². The Morgan fingerprint density at radius 2 is 2.25 bits per heavy atom. The standard InChI is InChI=1S/C14H16N4OS/c1-9(2)6-12-17-18-11(8-19)13(16-14(18)20-12)10-4-3-5-15-7-10/h3-5,7,9,19H,6,8H2,1-2H3. The number of aliphatic hydroxyl groups is 1. The highest BCUT2D eigenvalue weighted by Gasteiger charge is 2.17. The first-order valence-corrected chi connectivity index (χ1v) is 7.39. The van der Waals surface area contributed by atoms with Gasteiger partial charge in [0.05, 0.1) is 18.0 Å². The molecule has 0 radical (unpaired) electrons. The fraction of sp³-hybridized carbons (Fsp3) is 0.357. The molecule has 0 saturated carbocycles. The molecule has 3 rings (SSSR count). The molecule has 0 saturated heterocycles. The number of hydrogen-bond donors (Lipinski definition) is 1. The number of fused-ring (bicyclic) bond motifs is 1. The minimum absolute atomic E-state index is 0.0871. The van der Waals surface area contributed by atoms with Gasteiger partial charge < -0.3 is 5.11 Å². The second-order valence-electron chi connectivity index (χ2n) is 5.10. The first kappa shape index (κ1) is 13.2. The Balaban J connectivity index is 2.09. The Morgan fingerprint density at radius 1 is 1.40 bits per heavy atom. The van der Waals surface area contributed by atoms with Crippen LogP contribution in [-0.4, -0.2) is 24.7 Å². The lowest BCUT2D eigenvalue weighted by atomic mass is 10.1.